The van der Waals surface area contributed by atoms with Crippen molar-refractivity contribution in [1.82, 2.24) is 0 Å². The standard InChI is InChI=1S/C5H10N2O3S/c1-7(3-2-6-4-7)5-11(8,9)10/h4H,2-3,5H2,1H3/p+1. The Morgan fingerprint density at radius 2 is 2.36 bits per heavy atom. The summed E-state index contributed by atoms with van der Waals surface area (Å²) in [5, 5.41) is 0. The van der Waals surface area contributed by atoms with Gasteiger partial charge in [0.05, 0.1) is 13.6 Å². The molecule has 1 atom stereocenters. The summed E-state index contributed by atoms with van der Waals surface area (Å²) in [4.78, 5) is 3.89. The highest BCUT2D eigenvalue weighted by molar-refractivity contribution is 7.85. The SMILES string of the molecule is C[N+]1(CS(=O)(=O)O)C=NCC1. The summed E-state index contributed by atoms with van der Waals surface area (Å²) in [7, 11) is -2.17. The van der Waals surface area contributed by atoms with Crippen molar-refractivity contribution in [3.63, 3.8) is 0 Å². The van der Waals surface area contributed by atoms with E-state index in [-0.39, 0.29) is 10.4 Å². The highest BCUT2D eigenvalue weighted by Crippen LogP contribution is 2.06. The van der Waals surface area contributed by atoms with Gasteiger partial charge in [-0.05, 0) is 0 Å². The first-order valence-corrected chi connectivity index (χ1v) is 4.83. The molecule has 0 bridgehead atoms. The van der Waals surface area contributed by atoms with Crippen molar-refractivity contribution >= 4 is 16.5 Å². The Bertz CT molecular complexity index is 271. The summed E-state index contributed by atoms with van der Waals surface area (Å²) in [6.07, 6.45) is 1.55. The van der Waals surface area contributed by atoms with Gasteiger partial charge in [0, 0.05) is 0 Å². The summed E-state index contributed by atoms with van der Waals surface area (Å²) in [5.41, 5.74) is 0. The van der Waals surface area contributed by atoms with Gasteiger partial charge in [-0.3, -0.25) is 9.04 Å². The number of hydrogen-bond acceptors (Lipinski definition) is 3. The van der Waals surface area contributed by atoms with Crippen LogP contribution in [0.1, 0.15) is 0 Å². The van der Waals surface area contributed by atoms with Gasteiger partial charge in [-0.25, -0.2) is 4.99 Å². The molecule has 6 heteroatoms. The molecular weight excluding hydrogens is 168 g/mol. The fourth-order valence-electron chi connectivity index (χ4n) is 1.07. The van der Waals surface area contributed by atoms with E-state index in [0.717, 1.165) is 0 Å². The number of quaternary nitrogens is 1. The lowest BCUT2D eigenvalue weighted by Gasteiger charge is -2.22. The van der Waals surface area contributed by atoms with Crippen LogP contribution in [0.3, 0.4) is 0 Å². The zero-order chi connectivity index (χ0) is 8.54. The Balaban J connectivity index is 2.69. The summed E-state index contributed by atoms with van der Waals surface area (Å²) in [6.45, 7) is 1.27. The fraction of sp³-hybridized carbons (Fsp3) is 0.800. The Kier molecular flexibility index (Phi) is 2.00. The highest BCUT2D eigenvalue weighted by atomic mass is 32.2. The molecule has 1 heterocycles. The normalized spacial score (nSPS) is 31.1. The monoisotopic (exact) mass is 179 g/mol. The van der Waals surface area contributed by atoms with Gasteiger partial charge >= 0.3 is 10.1 Å². The van der Waals surface area contributed by atoms with Gasteiger partial charge in [0.25, 0.3) is 0 Å². The number of rotatable bonds is 2. The van der Waals surface area contributed by atoms with Gasteiger partial charge in [0.1, 0.15) is 6.54 Å². The van der Waals surface area contributed by atoms with E-state index in [0.29, 0.717) is 13.1 Å². The Labute approximate surface area is 65.7 Å². The van der Waals surface area contributed by atoms with Crippen molar-refractivity contribution in [3.8, 4) is 0 Å². The van der Waals surface area contributed by atoms with E-state index in [2.05, 4.69) is 4.99 Å². The van der Waals surface area contributed by atoms with Gasteiger partial charge in [0.15, 0.2) is 6.34 Å². The van der Waals surface area contributed by atoms with Crippen LogP contribution in [0.4, 0.5) is 0 Å². The number of hydrogen-bond donors (Lipinski definition) is 1. The molecule has 0 aromatic rings. The lowest BCUT2D eigenvalue weighted by Crippen LogP contribution is -2.44. The summed E-state index contributed by atoms with van der Waals surface area (Å²) in [5.74, 6) is -0.281. The molecule has 0 fully saturated rings. The van der Waals surface area contributed by atoms with Crippen LogP contribution < -0.4 is 0 Å². The third-order valence-corrected chi connectivity index (χ3v) is 2.47. The molecule has 0 amide bonds. The fourth-order valence-corrected chi connectivity index (χ4v) is 2.01. The second-order valence-electron chi connectivity index (χ2n) is 2.94. The molecule has 0 aromatic carbocycles. The van der Waals surface area contributed by atoms with Crippen LogP contribution >= 0.6 is 0 Å². The molecule has 1 aliphatic heterocycles. The molecule has 64 valence electrons. The largest absolute Gasteiger partial charge is 0.316 e. The summed E-state index contributed by atoms with van der Waals surface area (Å²) in [6, 6.07) is 0. The second-order valence-corrected chi connectivity index (χ2v) is 4.36. The van der Waals surface area contributed by atoms with Crippen LogP contribution in [0.5, 0.6) is 0 Å². The quantitative estimate of drug-likeness (QED) is 0.451. The van der Waals surface area contributed by atoms with Crippen LogP contribution in [0.25, 0.3) is 0 Å². The van der Waals surface area contributed by atoms with Crippen molar-refractivity contribution in [3.05, 3.63) is 0 Å². The predicted molar refractivity (Wildman–Crippen MR) is 40.8 cm³/mol. The van der Waals surface area contributed by atoms with Gasteiger partial charge in [0.2, 0.25) is 5.88 Å². The van der Waals surface area contributed by atoms with Crippen LogP contribution in [-0.2, 0) is 10.1 Å². The van der Waals surface area contributed by atoms with Gasteiger partial charge in [-0.15, -0.1) is 0 Å². The molecule has 0 saturated carbocycles. The molecular formula is C5H11N2O3S+. The number of nitrogens with zero attached hydrogens (tertiary/aromatic N) is 2. The van der Waals surface area contributed by atoms with E-state index in [4.69, 9.17) is 4.55 Å². The molecule has 0 aromatic heterocycles. The summed E-state index contributed by atoms with van der Waals surface area (Å²) < 4.78 is 29.7. The Morgan fingerprint density at radius 3 is 2.73 bits per heavy atom. The average molecular weight is 179 g/mol. The first-order valence-electron chi connectivity index (χ1n) is 3.22. The maximum Gasteiger partial charge on any atom is 0.316 e. The molecule has 1 aliphatic rings. The zero-order valence-electron chi connectivity index (χ0n) is 6.27. The molecule has 0 saturated heterocycles. The molecule has 0 radical (unpaired) electrons. The zero-order valence-corrected chi connectivity index (χ0v) is 7.08. The third kappa shape index (κ3) is 2.57. The molecule has 5 nitrogen and oxygen atoms in total. The maximum atomic E-state index is 10.5. The van der Waals surface area contributed by atoms with Crippen molar-refractivity contribution < 1.29 is 17.5 Å². The smallest absolute Gasteiger partial charge is 0.281 e. The van der Waals surface area contributed by atoms with E-state index in [1.165, 1.54) is 0 Å². The molecule has 1 unspecified atom stereocenters. The summed E-state index contributed by atoms with van der Waals surface area (Å²) >= 11 is 0. The van der Waals surface area contributed by atoms with E-state index < -0.39 is 10.1 Å². The van der Waals surface area contributed by atoms with E-state index in [9.17, 15) is 8.42 Å². The van der Waals surface area contributed by atoms with Crippen LogP contribution in [-0.4, -0.2) is 49.8 Å². The lowest BCUT2D eigenvalue weighted by atomic mass is 10.6. The lowest BCUT2D eigenvalue weighted by molar-refractivity contribution is -0.794. The maximum absolute atomic E-state index is 10.5. The average Bonchev–Trinajstić information content (AvgIpc) is 2.09. The van der Waals surface area contributed by atoms with E-state index in [1.54, 1.807) is 13.4 Å². The minimum Gasteiger partial charge on any atom is -0.281 e. The van der Waals surface area contributed by atoms with Crippen LogP contribution in [0.15, 0.2) is 4.99 Å². The molecule has 0 aliphatic carbocycles. The molecule has 1 N–H and O–H groups in total. The van der Waals surface area contributed by atoms with Crippen LogP contribution in [0.2, 0.25) is 0 Å². The first kappa shape index (κ1) is 8.63. The van der Waals surface area contributed by atoms with Gasteiger partial charge in [-0.2, -0.15) is 8.42 Å². The Morgan fingerprint density at radius 1 is 1.73 bits per heavy atom. The van der Waals surface area contributed by atoms with Crippen molar-refractivity contribution in [2.24, 2.45) is 4.99 Å². The van der Waals surface area contributed by atoms with Crippen LogP contribution in [0, 0.1) is 0 Å². The predicted octanol–water partition coefficient (Wildman–Crippen LogP) is -0.680. The molecule has 0 spiro atoms. The number of likely N-dealkylation sites (N-methyl/N-ethyl adjacent to an activating group) is 1. The first-order chi connectivity index (χ1) is 4.91. The van der Waals surface area contributed by atoms with Crippen molar-refractivity contribution in [2.75, 3.05) is 26.0 Å². The van der Waals surface area contributed by atoms with Gasteiger partial charge < -0.3 is 0 Å². The van der Waals surface area contributed by atoms with Crippen molar-refractivity contribution in [2.45, 2.75) is 0 Å². The number of aliphatic imine (C=N–C) groups is 1. The highest BCUT2D eigenvalue weighted by Gasteiger charge is 2.29. The third-order valence-electron chi connectivity index (χ3n) is 1.56. The minimum atomic E-state index is -3.89. The molecule has 11 heavy (non-hydrogen) atoms. The van der Waals surface area contributed by atoms with Gasteiger partial charge in [-0.1, -0.05) is 0 Å². The topological polar surface area (TPSA) is 66.7 Å². The van der Waals surface area contributed by atoms with Crippen molar-refractivity contribution in [1.29, 1.82) is 0 Å². The minimum absolute atomic E-state index is 0.179. The second kappa shape index (κ2) is 2.54. The van der Waals surface area contributed by atoms with E-state index in [1.807, 2.05) is 0 Å². The Hall–Kier alpha value is -0.460. The van der Waals surface area contributed by atoms with E-state index >= 15 is 0 Å². The molecule has 1 rings (SSSR count).